The first-order chi connectivity index (χ1) is 62.0. The van der Waals surface area contributed by atoms with Crippen LogP contribution in [0.15, 0.2) is 309 Å². The Morgan fingerprint density at radius 2 is 0.477 bits per heavy atom. The van der Waals surface area contributed by atoms with Gasteiger partial charge in [-0.1, -0.05) is 210 Å². The highest BCUT2D eigenvalue weighted by molar-refractivity contribution is 6.17. The molecule has 0 N–H and O–H groups in total. The first kappa shape index (κ1) is 81.4. The number of fused-ring (bicyclic) bond motifs is 18. The molecule has 0 saturated carbocycles. The molecule has 6 aromatic heterocycles. The Bertz CT molecular complexity index is 8420. The van der Waals surface area contributed by atoms with Gasteiger partial charge in [0.05, 0.1) is 100 Å². The van der Waals surface area contributed by atoms with E-state index in [-0.39, 0.29) is 38.7 Å². The lowest BCUT2D eigenvalue weighted by molar-refractivity contribution is -0.137. The van der Waals surface area contributed by atoms with Gasteiger partial charge in [0.15, 0.2) is 0 Å². The summed E-state index contributed by atoms with van der Waals surface area (Å²) in [4.78, 5) is 0. The van der Waals surface area contributed by atoms with Crippen molar-refractivity contribution in [1.29, 1.82) is 0 Å². The van der Waals surface area contributed by atoms with Crippen molar-refractivity contribution in [2.75, 3.05) is 0 Å². The van der Waals surface area contributed by atoms with Crippen molar-refractivity contribution in [2.45, 2.75) is 117 Å². The first-order valence-electron chi connectivity index (χ1n) is 43.7. The number of aromatic nitrogens is 6. The van der Waals surface area contributed by atoms with E-state index < -0.39 is 63.3 Å². The van der Waals surface area contributed by atoms with Gasteiger partial charge in [0.25, 0.3) is 0 Å². The van der Waals surface area contributed by atoms with E-state index in [4.69, 9.17) is 0 Å². The molecule has 0 unspecified atom stereocenters. The molecule has 0 saturated heterocycles. The van der Waals surface area contributed by atoms with E-state index >= 15 is 43.9 Å². The maximum absolute atomic E-state index is 16.6. The van der Waals surface area contributed by atoms with Gasteiger partial charge < -0.3 is 27.4 Å². The van der Waals surface area contributed by atoms with Crippen LogP contribution in [-0.4, -0.2) is 27.4 Å². The molecular formula is C114H86F10N6. The molecule has 16 heteroatoms. The number of para-hydroxylation sites is 5. The van der Waals surface area contributed by atoms with E-state index in [9.17, 15) is 0 Å². The molecule has 0 radical (unpaired) electrons. The highest BCUT2D eigenvalue weighted by atomic mass is 19.4. The summed E-state index contributed by atoms with van der Waals surface area (Å²) >= 11 is 0. The van der Waals surface area contributed by atoms with Gasteiger partial charge in [-0.3, -0.25) is 0 Å². The third-order valence-electron chi connectivity index (χ3n) is 26.9. The summed E-state index contributed by atoms with van der Waals surface area (Å²) in [6, 6.07) is 94.0. The van der Waals surface area contributed by atoms with Gasteiger partial charge in [-0.25, -0.2) is 17.6 Å². The average Bonchev–Trinajstić information content (AvgIpc) is 1.54. The standard InChI is InChI=1S/C114H86F10N6/c1-109(2,3)67-34-43-100-87(51-67)88-52-68(110(4,5)6)35-44-101(88)128(100)107-61-91(113(119,120)121)84(65-47-71(115)55-72(116)48-65)59-105(107)127-99-42-33-69(111(7,8)9)53-89(99)90-54-70(36-45-102(90)127)112(10,11)63-64-32-41-98-86(46-64)81-26-16-19-29-95(81)126(98)76-38-40-83-80-25-15-21-31-97(80)130(104(83)58-76)108-62-92(114(122,123)124)85(66-49-73(117)56-74(118)50-66)60-106(108)129-96-30-20-14-24-79(96)82-39-37-75(57-103(82)129)125-93-27-17-12-22-77(93)78-23-13-18-28-94(78)125/h12-62H,63H2,1-11H3. The monoisotopic (exact) mass is 1730 g/mol. The van der Waals surface area contributed by atoms with Gasteiger partial charge in [0.2, 0.25) is 0 Å². The maximum Gasteiger partial charge on any atom is 0.417 e. The Morgan fingerprint density at radius 1 is 0.215 bits per heavy atom. The Hall–Kier alpha value is -14.4. The molecule has 16 aromatic carbocycles. The second-order valence-corrected chi connectivity index (χ2v) is 38.7. The number of alkyl halides is 6. The molecule has 0 atom stereocenters. The van der Waals surface area contributed by atoms with Crippen LogP contribution in [0.4, 0.5) is 43.9 Å². The van der Waals surface area contributed by atoms with Crippen LogP contribution in [0.2, 0.25) is 0 Å². The fraction of sp³-hybridized carbons (Fsp3) is 0.158. The number of halogens is 10. The number of hydrogen-bond acceptors (Lipinski definition) is 0. The molecule has 0 aliphatic rings. The van der Waals surface area contributed by atoms with Crippen LogP contribution in [0.5, 0.6) is 0 Å². The molecular weight excluding hydrogens is 1640 g/mol. The molecule has 0 fully saturated rings. The van der Waals surface area contributed by atoms with Crippen molar-refractivity contribution in [1.82, 2.24) is 27.4 Å². The van der Waals surface area contributed by atoms with Gasteiger partial charge in [0, 0.05) is 88.1 Å². The maximum atomic E-state index is 16.6. The minimum atomic E-state index is -5.05. The van der Waals surface area contributed by atoms with Crippen molar-refractivity contribution in [3.8, 4) is 56.4 Å². The normalized spacial score (nSPS) is 13.0. The Morgan fingerprint density at radius 3 is 0.815 bits per heavy atom. The van der Waals surface area contributed by atoms with E-state index in [0.717, 1.165) is 162 Å². The van der Waals surface area contributed by atoms with Crippen LogP contribution in [0.25, 0.3) is 187 Å². The molecule has 0 aliphatic heterocycles. The number of nitrogens with zero attached hydrogens (tertiary/aromatic N) is 6. The fourth-order valence-corrected chi connectivity index (χ4v) is 20.6. The molecule has 0 amide bonds. The molecule has 22 rings (SSSR count). The van der Waals surface area contributed by atoms with E-state index in [1.807, 2.05) is 158 Å². The Balaban J connectivity index is 0.712. The minimum Gasteiger partial charge on any atom is -0.309 e. The predicted octanol–water partition coefficient (Wildman–Crippen LogP) is 32.6. The van der Waals surface area contributed by atoms with Crippen LogP contribution in [-0.2, 0) is 40.4 Å². The molecule has 6 heterocycles. The molecule has 22 aromatic rings. The summed E-state index contributed by atoms with van der Waals surface area (Å²) in [5.74, 6) is -4.11. The van der Waals surface area contributed by atoms with Gasteiger partial charge in [-0.2, -0.15) is 26.3 Å². The van der Waals surface area contributed by atoms with Crippen molar-refractivity contribution < 1.29 is 43.9 Å². The SMILES string of the molecule is CC(C)(C)c1ccc2c(c1)c1cc(C(C)(C)C)ccc1n2-c1cc(C(F)(F)F)c(-c2cc(F)cc(F)c2)cc1-n1c2ccc(C(C)(C)C)cc2c2cc(C(C)(C)Cc3ccc4c(c3)c3ccccc3n4-c3ccc4c5ccccc5n(-c5cc(C(F)(F)F)c(-c6cc(F)cc(F)c6)cc5-n5c6ccccc6c6ccc(-n7c8ccccc8c8ccccc87)cc65)c4c3)ccc21. The Labute approximate surface area is 742 Å². The van der Waals surface area contributed by atoms with E-state index in [0.29, 0.717) is 74.1 Å². The molecule has 642 valence electrons. The molecule has 0 aliphatic carbocycles. The summed E-state index contributed by atoms with van der Waals surface area (Å²) < 4.78 is 174. The zero-order valence-corrected chi connectivity index (χ0v) is 73.1. The van der Waals surface area contributed by atoms with Crippen molar-refractivity contribution in [3.63, 3.8) is 0 Å². The van der Waals surface area contributed by atoms with Crippen LogP contribution in [0.3, 0.4) is 0 Å². The zero-order valence-electron chi connectivity index (χ0n) is 73.1. The second kappa shape index (κ2) is 28.8. The van der Waals surface area contributed by atoms with Crippen molar-refractivity contribution in [2.24, 2.45) is 0 Å². The third-order valence-corrected chi connectivity index (χ3v) is 26.9. The van der Waals surface area contributed by atoms with Crippen LogP contribution in [0, 0.1) is 23.3 Å². The van der Waals surface area contributed by atoms with Gasteiger partial charge >= 0.3 is 12.4 Å². The topological polar surface area (TPSA) is 29.6 Å². The third kappa shape index (κ3) is 13.0. The average molecular weight is 1730 g/mol. The van der Waals surface area contributed by atoms with Crippen LogP contribution >= 0.6 is 0 Å². The van der Waals surface area contributed by atoms with Gasteiger partial charge in [-0.05, 0) is 242 Å². The highest BCUT2D eigenvalue weighted by Gasteiger charge is 2.40. The first-order valence-corrected chi connectivity index (χ1v) is 43.7. The van der Waals surface area contributed by atoms with E-state index in [1.54, 1.807) is 0 Å². The van der Waals surface area contributed by atoms with Crippen LogP contribution < -0.4 is 0 Å². The molecule has 0 spiro atoms. The van der Waals surface area contributed by atoms with E-state index in [1.165, 1.54) is 12.1 Å². The quantitative estimate of drug-likeness (QED) is 0.116. The largest absolute Gasteiger partial charge is 0.417 e. The highest BCUT2D eigenvalue weighted by Crippen LogP contribution is 2.52. The van der Waals surface area contributed by atoms with Crippen LogP contribution in [0.1, 0.15) is 115 Å². The van der Waals surface area contributed by atoms with Gasteiger partial charge in [-0.15, -0.1) is 0 Å². The number of benzene rings is 16. The van der Waals surface area contributed by atoms with Crippen molar-refractivity contribution in [3.05, 3.63) is 372 Å². The number of hydrogen-bond donors (Lipinski definition) is 0. The molecule has 0 bridgehead atoms. The van der Waals surface area contributed by atoms with E-state index in [2.05, 4.69) is 194 Å². The van der Waals surface area contributed by atoms with Crippen molar-refractivity contribution >= 4 is 131 Å². The summed E-state index contributed by atoms with van der Waals surface area (Å²) in [5.41, 5.74) is 11.5. The summed E-state index contributed by atoms with van der Waals surface area (Å²) in [7, 11) is 0. The Kier molecular flexibility index (Phi) is 18.0. The second-order valence-electron chi connectivity index (χ2n) is 38.7. The number of rotatable bonds is 11. The lowest BCUT2D eigenvalue weighted by atomic mass is 9.78. The molecule has 130 heavy (non-hydrogen) atoms. The summed E-state index contributed by atoms with van der Waals surface area (Å²) in [6.45, 7) is 23.6. The summed E-state index contributed by atoms with van der Waals surface area (Å²) in [6.07, 6.45) is -9.52. The lowest BCUT2D eigenvalue weighted by Crippen LogP contribution is -2.20. The lowest BCUT2D eigenvalue weighted by Gasteiger charge is -2.26. The molecule has 6 nitrogen and oxygen atoms in total. The predicted molar refractivity (Wildman–Crippen MR) is 512 cm³/mol. The van der Waals surface area contributed by atoms with Gasteiger partial charge in [0.1, 0.15) is 23.3 Å². The minimum absolute atomic E-state index is 0.151. The smallest absolute Gasteiger partial charge is 0.309 e. The fourth-order valence-electron chi connectivity index (χ4n) is 20.6. The zero-order chi connectivity index (χ0) is 90.2. The summed E-state index contributed by atoms with van der Waals surface area (Å²) in [5, 5.41) is 10.6.